The summed E-state index contributed by atoms with van der Waals surface area (Å²) in [6.45, 7) is 8.81. The molecule has 20 heavy (non-hydrogen) atoms. The largest absolute Gasteiger partial charge is 0.351 e. The van der Waals surface area contributed by atoms with Gasteiger partial charge in [-0.25, -0.2) is 9.97 Å². The SMILES string of the molecule is CC(C)(C)NC(=O)C1CCN(Cc2ccncn2)CC1. The van der Waals surface area contributed by atoms with Crippen molar-refractivity contribution in [2.24, 2.45) is 5.92 Å². The Hall–Kier alpha value is -1.49. The van der Waals surface area contributed by atoms with Crippen molar-refractivity contribution in [1.82, 2.24) is 20.2 Å². The maximum Gasteiger partial charge on any atom is 0.223 e. The molecule has 5 heteroatoms. The van der Waals surface area contributed by atoms with Gasteiger partial charge in [0.05, 0.1) is 5.69 Å². The van der Waals surface area contributed by atoms with Crippen molar-refractivity contribution >= 4 is 5.91 Å². The topological polar surface area (TPSA) is 58.1 Å². The fourth-order valence-electron chi connectivity index (χ4n) is 2.47. The second kappa shape index (κ2) is 6.31. The summed E-state index contributed by atoms with van der Waals surface area (Å²) >= 11 is 0. The standard InChI is InChI=1S/C15H24N4O/c1-15(2,3)18-14(20)12-5-8-19(9-6-12)10-13-4-7-16-11-17-13/h4,7,11-12H,5-6,8-10H2,1-3H3,(H,18,20). The zero-order chi connectivity index (χ0) is 14.6. The second-order valence-corrected chi connectivity index (χ2v) is 6.49. The van der Waals surface area contributed by atoms with Gasteiger partial charge in [0.15, 0.2) is 0 Å². The van der Waals surface area contributed by atoms with E-state index in [0.29, 0.717) is 0 Å². The molecule has 1 aliphatic heterocycles. The Bertz CT molecular complexity index is 433. The normalized spacial score (nSPS) is 17.9. The van der Waals surface area contributed by atoms with Gasteiger partial charge in [0.2, 0.25) is 5.91 Å². The fourth-order valence-corrected chi connectivity index (χ4v) is 2.47. The average molecular weight is 276 g/mol. The molecule has 2 heterocycles. The minimum Gasteiger partial charge on any atom is -0.351 e. The molecule has 0 spiro atoms. The van der Waals surface area contributed by atoms with E-state index in [9.17, 15) is 4.79 Å². The number of nitrogens with one attached hydrogen (secondary N) is 1. The van der Waals surface area contributed by atoms with Crippen LogP contribution in [0.5, 0.6) is 0 Å². The van der Waals surface area contributed by atoms with Crippen LogP contribution >= 0.6 is 0 Å². The third-order valence-corrected chi connectivity index (χ3v) is 3.49. The van der Waals surface area contributed by atoms with E-state index in [4.69, 9.17) is 0 Å². The number of nitrogens with zero attached hydrogens (tertiary/aromatic N) is 3. The Kier molecular flexibility index (Phi) is 4.70. The maximum absolute atomic E-state index is 12.1. The molecule has 1 saturated heterocycles. The summed E-state index contributed by atoms with van der Waals surface area (Å²) < 4.78 is 0. The summed E-state index contributed by atoms with van der Waals surface area (Å²) in [4.78, 5) is 22.6. The first-order valence-corrected chi connectivity index (χ1v) is 7.23. The van der Waals surface area contributed by atoms with Gasteiger partial charge in [0, 0.05) is 24.2 Å². The summed E-state index contributed by atoms with van der Waals surface area (Å²) in [6, 6.07) is 1.94. The summed E-state index contributed by atoms with van der Waals surface area (Å²) in [7, 11) is 0. The van der Waals surface area contributed by atoms with Gasteiger partial charge in [0.1, 0.15) is 6.33 Å². The molecule has 0 aromatic carbocycles. The first-order valence-electron chi connectivity index (χ1n) is 7.23. The van der Waals surface area contributed by atoms with Crippen LogP contribution in [0, 0.1) is 5.92 Å². The zero-order valence-corrected chi connectivity index (χ0v) is 12.6. The van der Waals surface area contributed by atoms with E-state index in [0.717, 1.165) is 38.2 Å². The van der Waals surface area contributed by atoms with Crippen LogP contribution in [-0.4, -0.2) is 39.4 Å². The van der Waals surface area contributed by atoms with Crippen LogP contribution in [-0.2, 0) is 11.3 Å². The zero-order valence-electron chi connectivity index (χ0n) is 12.6. The van der Waals surface area contributed by atoms with Crippen LogP contribution in [0.25, 0.3) is 0 Å². The van der Waals surface area contributed by atoms with Gasteiger partial charge < -0.3 is 5.32 Å². The minimum absolute atomic E-state index is 0.144. The molecular weight excluding hydrogens is 252 g/mol. The predicted molar refractivity (Wildman–Crippen MR) is 77.9 cm³/mol. The summed E-state index contributed by atoms with van der Waals surface area (Å²) in [6.07, 6.45) is 5.20. The highest BCUT2D eigenvalue weighted by atomic mass is 16.2. The molecule has 0 bridgehead atoms. The molecular formula is C15H24N4O. The third kappa shape index (κ3) is 4.56. The number of likely N-dealkylation sites (tertiary alicyclic amines) is 1. The number of hydrogen-bond acceptors (Lipinski definition) is 4. The maximum atomic E-state index is 12.1. The van der Waals surface area contributed by atoms with Gasteiger partial charge in [-0.15, -0.1) is 0 Å². The van der Waals surface area contributed by atoms with Gasteiger partial charge in [-0.3, -0.25) is 9.69 Å². The molecule has 0 unspecified atom stereocenters. The number of carbonyl (C=O) groups excluding carboxylic acids is 1. The number of piperidine rings is 1. The number of aromatic nitrogens is 2. The number of hydrogen-bond donors (Lipinski definition) is 1. The molecule has 2 rings (SSSR count). The van der Waals surface area contributed by atoms with E-state index in [1.807, 2.05) is 26.8 Å². The van der Waals surface area contributed by atoms with E-state index < -0.39 is 0 Å². The smallest absolute Gasteiger partial charge is 0.223 e. The van der Waals surface area contributed by atoms with E-state index in [-0.39, 0.29) is 17.4 Å². The van der Waals surface area contributed by atoms with Crippen LogP contribution in [0.2, 0.25) is 0 Å². The Morgan fingerprint density at radius 3 is 2.65 bits per heavy atom. The molecule has 1 aromatic heterocycles. The highest BCUT2D eigenvalue weighted by molar-refractivity contribution is 5.79. The van der Waals surface area contributed by atoms with Gasteiger partial charge in [-0.05, 0) is 52.8 Å². The molecule has 110 valence electrons. The highest BCUT2D eigenvalue weighted by Gasteiger charge is 2.27. The van der Waals surface area contributed by atoms with E-state index in [1.165, 1.54) is 0 Å². The van der Waals surface area contributed by atoms with E-state index in [1.54, 1.807) is 12.5 Å². The van der Waals surface area contributed by atoms with Crippen LogP contribution in [0.15, 0.2) is 18.6 Å². The molecule has 0 radical (unpaired) electrons. The molecule has 0 saturated carbocycles. The second-order valence-electron chi connectivity index (χ2n) is 6.49. The fraction of sp³-hybridized carbons (Fsp3) is 0.667. The molecule has 1 aliphatic rings. The molecule has 1 fully saturated rings. The van der Waals surface area contributed by atoms with Crippen molar-refractivity contribution in [3.8, 4) is 0 Å². The molecule has 1 amide bonds. The lowest BCUT2D eigenvalue weighted by Crippen LogP contribution is -2.46. The van der Waals surface area contributed by atoms with Crippen molar-refractivity contribution < 1.29 is 4.79 Å². The Labute approximate surface area is 120 Å². The number of rotatable bonds is 3. The van der Waals surface area contributed by atoms with Crippen LogP contribution in [0.4, 0.5) is 0 Å². The Morgan fingerprint density at radius 1 is 1.40 bits per heavy atom. The quantitative estimate of drug-likeness (QED) is 0.911. The van der Waals surface area contributed by atoms with Gasteiger partial charge in [-0.2, -0.15) is 0 Å². The summed E-state index contributed by atoms with van der Waals surface area (Å²) in [5.41, 5.74) is 0.896. The van der Waals surface area contributed by atoms with Crippen molar-refractivity contribution in [3.63, 3.8) is 0 Å². The lowest BCUT2D eigenvalue weighted by Gasteiger charge is -2.32. The molecule has 1 aromatic rings. The van der Waals surface area contributed by atoms with Gasteiger partial charge in [0.25, 0.3) is 0 Å². The van der Waals surface area contributed by atoms with E-state index in [2.05, 4.69) is 20.2 Å². The monoisotopic (exact) mass is 276 g/mol. The summed E-state index contributed by atoms with van der Waals surface area (Å²) in [5.74, 6) is 0.343. The third-order valence-electron chi connectivity index (χ3n) is 3.49. The Balaban J connectivity index is 1.79. The number of amides is 1. The lowest BCUT2D eigenvalue weighted by atomic mass is 9.94. The minimum atomic E-state index is -0.144. The van der Waals surface area contributed by atoms with Crippen LogP contribution < -0.4 is 5.32 Å². The van der Waals surface area contributed by atoms with Crippen molar-refractivity contribution in [1.29, 1.82) is 0 Å². The first-order chi connectivity index (χ1) is 9.44. The molecule has 0 atom stereocenters. The average Bonchev–Trinajstić information content (AvgIpc) is 2.39. The van der Waals surface area contributed by atoms with Crippen molar-refractivity contribution in [2.45, 2.75) is 45.7 Å². The van der Waals surface area contributed by atoms with Crippen LogP contribution in [0.3, 0.4) is 0 Å². The van der Waals surface area contributed by atoms with Crippen LogP contribution in [0.1, 0.15) is 39.3 Å². The predicted octanol–water partition coefficient (Wildman–Crippen LogP) is 1.60. The molecule has 5 nitrogen and oxygen atoms in total. The molecule has 1 N–H and O–H groups in total. The van der Waals surface area contributed by atoms with Crippen molar-refractivity contribution in [2.75, 3.05) is 13.1 Å². The first kappa shape index (κ1) is 14.9. The van der Waals surface area contributed by atoms with Gasteiger partial charge in [-0.1, -0.05) is 0 Å². The Morgan fingerprint density at radius 2 is 2.10 bits per heavy atom. The summed E-state index contributed by atoms with van der Waals surface area (Å²) in [5, 5.41) is 3.08. The molecule has 0 aliphatic carbocycles. The lowest BCUT2D eigenvalue weighted by molar-refractivity contribution is -0.127. The van der Waals surface area contributed by atoms with Gasteiger partial charge >= 0.3 is 0 Å². The van der Waals surface area contributed by atoms with Crippen molar-refractivity contribution in [3.05, 3.63) is 24.3 Å². The number of carbonyl (C=O) groups is 1. The van der Waals surface area contributed by atoms with E-state index >= 15 is 0 Å². The highest BCUT2D eigenvalue weighted by Crippen LogP contribution is 2.19.